The molecule has 1 unspecified atom stereocenters. The van der Waals surface area contributed by atoms with Crippen LogP contribution in [0.4, 0.5) is 0 Å². The minimum absolute atomic E-state index is 0.0308. The smallest absolute Gasteiger partial charge is 0.334 e. The Balaban J connectivity index is 1.55. The molecular weight excluding hydrogens is 458 g/mol. The molecular formula is C26H16ClNO6. The number of rotatable bonds is 4. The predicted molar refractivity (Wildman–Crippen MR) is 125 cm³/mol. The summed E-state index contributed by atoms with van der Waals surface area (Å²) in [5.41, 5.74) is 0.627. The van der Waals surface area contributed by atoms with Crippen molar-refractivity contribution in [1.29, 1.82) is 0 Å². The number of halogens is 1. The van der Waals surface area contributed by atoms with E-state index in [9.17, 15) is 19.2 Å². The number of carbonyl (C=O) groups excluding carboxylic acids is 3. The number of ether oxygens (including phenoxy) is 1. The van der Waals surface area contributed by atoms with Gasteiger partial charge in [0.05, 0.1) is 16.5 Å². The standard InChI is InChI=1S/C26H16ClNO6/c1-14(28-24(30)17-6-2-3-7-18(17)25(28)31)26(32)34-23-21(29)19-8-4-5-9-20(19)33-22(23)15-10-12-16(27)13-11-15/h2-14H,1H3. The van der Waals surface area contributed by atoms with Gasteiger partial charge in [-0.05, 0) is 55.5 Å². The van der Waals surface area contributed by atoms with Crippen LogP contribution in [0.5, 0.6) is 5.75 Å². The maximum atomic E-state index is 13.3. The van der Waals surface area contributed by atoms with Crippen LogP contribution in [0.1, 0.15) is 27.6 Å². The third-order valence-electron chi connectivity index (χ3n) is 5.62. The van der Waals surface area contributed by atoms with Gasteiger partial charge in [-0.1, -0.05) is 35.9 Å². The number of imide groups is 1. The van der Waals surface area contributed by atoms with Crippen LogP contribution >= 0.6 is 11.6 Å². The average Bonchev–Trinajstić information content (AvgIpc) is 3.11. The summed E-state index contributed by atoms with van der Waals surface area (Å²) >= 11 is 5.98. The number of carbonyl (C=O) groups is 3. The van der Waals surface area contributed by atoms with Crippen molar-refractivity contribution in [1.82, 2.24) is 4.90 Å². The SMILES string of the molecule is CC(C(=O)Oc1c(-c2ccc(Cl)cc2)oc2ccccc2c1=O)N1C(=O)c2ccccc2C1=O. The van der Waals surface area contributed by atoms with Crippen LogP contribution in [0.25, 0.3) is 22.3 Å². The van der Waals surface area contributed by atoms with Crippen LogP contribution in [0, 0.1) is 0 Å². The number of amides is 2. The lowest BCUT2D eigenvalue weighted by Gasteiger charge is -2.21. The molecule has 0 radical (unpaired) electrons. The molecule has 0 aliphatic carbocycles. The molecule has 1 aromatic heterocycles. The van der Waals surface area contributed by atoms with Crippen molar-refractivity contribution in [3.8, 4) is 17.1 Å². The molecule has 1 aliphatic rings. The van der Waals surface area contributed by atoms with Crippen LogP contribution in [0.2, 0.25) is 5.02 Å². The van der Waals surface area contributed by atoms with E-state index in [-0.39, 0.29) is 28.0 Å². The Bertz CT molecular complexity index is 1500. The molecule has 4 aromatic rings. The molecule has 8 heteroatoms. The van der Waals surface area contributed by atoms with Crippen LogP contribution in [-0.2, 0) is 4.79 Å². The maximum Gasteiger partial charge on any atom is 0.334 e. The fourth-order valence-electron chi connectivity index (χ4n) is 3.86. The first-order valence-corrected chi connectivity index (χ1v) is 10.7. The minimum atomic E-state index is -1.28. The summed E-state index contributed by atoms with van der Waals surface area (Å²) in [7, 11) is 0. The number of benzene rings is 3. The fourth-order valence-corrected chi connectivity index (χ4v) is 3.99. The van der Waals surface area contributed by atoms with Crippen LogP contribution < -0.4 is 10.2 Å². The predicted octanol–water partition coefficient (Wildman–Crippen LogP) is 4.70. The van der Waals surface area contributed by atoms with Crippen molar-refractivity contribution in [3.05, 3.63) is 99.2 Å². The second kappa shape index (κ2) is 8.28. The van der Waals surface area contributed by atoms with E-state index in [2.05, 4.69) is 0 Å². The van der Waals surface area contributed by atoms with Gasteiger partial charge in [-0.15, -0.1) is 0 Å². The van der Waals surface area contributed by atoms with E-state index in [1.807, 2.05) is 0 Å². The molecule has 5 rings (SSSR count). The second-order valence-electron chi connectivity index (χ2n) is 7.72. The summed E-state index contributed by atoms with van der Waals surface area (Å²) in [4.78, 5) is 52.7. The maximum absolute atomic E-state index is 13.3. The van der Waals surface area contributed by atoms with Gasteiger partial charge in [-0.2, -0.15) is 0 Å². The van der Waals surface area contributed by atoms with E-state index < -0.39 is 29.3 Å². The number of hydrogen-bond donors (Lipinski definition) is 0. The zero-order valence-corrected chi connectivity index (χ0v) is 18.5. The zero-order chi connectivity index (χ0) is 24.0. The normalized spacial score (nSPS) is 13.8. The van der Waals surface area contributed by atoms with Crippen molar-refractivity contribution < 1.29 is 23.5 Å². The third-order valence-corrected chi connectivity index (χ3v) is 5.87. The number of para-hydroxylation sites is 1. The number of esters is 1. The van der Waals surface area contributed by atoms with Gasteiger partial charge in [-0.3, -0.25) is 19.3 Å². The third kappa shape index (κ3) is 3.47. The molecule has 34 heavy (non-hydrogen) atoms. The van der Waals surface area contributed by atoms with Crippen molar-refractivity contribution in [2.45, 2.75) is 13.0 Å². The highest BCUT2D eigenvalue weighted by Gasteiger charge is 2.41. The van der Waals surface area contributed by atoms with Crippen molar-refractivity contribution in [2.75, 3.05) is 0 Å². The van der Waals surface area contributed by atoms with E-state index in [0.717, 1.165) is 4.90 Å². The Morgan fingerprint density at radius 1 is 0.882 bits per heavy atom. The topological polar surface area (TPSA) is 93.9 Å². The molecule has 2 amide bonds. The first-order valence-electron chi connectivity index (χ1n) is 10.4. The van der Waals surface area contributed by atoms with E-state index in [1.54, 1.807) is 60.7 Å². The van der Waals surface area contributed by atoms with Gasteiger partial charge in [0.25, 0.3) is 11.8 Å². The molecule has 1 aliphatic heterocycles. The fraction of sp³-hybridized carbons (Fsp3) is 0.0769. The Morgan fingerprint density at radius 2 is 1.47 bits per heavy atom. The quantitative estimate of drug-likeness (QED) is 0.315. The van der Waals surface area contributed by atoms with Gasteiger partial charge in [0.15, 0.2) is 5.76 Å². The molecule has 0 bridgehead atoms. The largest absolute Gasteiger partial charge is 0.452 e. The lowest BCUT2D eigenvalue weighted by molar-refractivity contribution is -0.138. The Morgan fingerprint density at radius 3 is 2.12 bits per heavy atom. The van der Waals surface area contributed by atoms with Crippen molar-refractivity contribution in [2.24, 2.45) is 0 Å². The molecule has 2 heterocycles. The summed E-state index contributed by atoms with van der Waals surface area (Å²) in [6, 6.07) is 18.1. The van der Waals surface area contributed by atoms with Crippen LogP contribution in [0.15, 0.2) is 82.0 Å². The highest BCUT2D eigenvalue weighted by atomic mass is 35.5. The van der Waals surface area contributed by atoms with Crippen LogP contribution in [0.3, 0.4) is 0 Å². The molecule has 0 spiro atoms. The van der Waals surface area contributed by atoms with E-state index >= 15 is 0 Å². The zero-order valence-electron chi connectivity index (χ0n) is 17.8. The summed E-state index contributed by atoms with van der Waals surface area (Å²) in [6.07, 6.45) is 0. The van der Waals surface area contributed by atoms with Gasteiger partial charge in [0, 0.05) is 10.6 Å². The van der Waals surface area contributed by atoms with Crippen LogP contribution in [-0.4, -0.2) is 28.7 Å². The van der Waals surface area contributed by atoms with Gasteiger partial charge in [-0.25, -0.2) is 4.79 Å². The molecule has 1 atom stereocenters. The number of hydrogen-bond acceptors (Lipinski definition) is 6. The van der Waals surface area contributed by atoms with E-state index in [0.29, 0.717) is 16.2 Å². The number of nitrogens with zero attached hydrogens (tertiary/aromatic N) is 1. The minimum Gasteiger partial charge on any atom is -0.452 e. The Kier molecular flexibility index (Phi) is 5.26. The molecule has 3 aromatic carbocycles. The van der Waals surface area contributed by atoms with E-state index in [1.165, 1.54) is 19.1 Å². The first kappa shape index (κ1) is 21.6. The molecule has 0 saturated heterocycles. The second-order valence-corrected chi connectivity index (χ2v) is 8.15. The highest BCUT2D eigenvalue weighted by molar-refractivity contribution is 6.30. The molecule has 0 fully saturated rings. The highest BCUT2D eigenvalue weighted by Crippen LogP contribution is 2.32. The van der Waals surface area contributed by atoms with Gasteiger partial charge in [0.1, 0.15) is 11.6 Å². The molecule has 7 nitrogen and oxygen atoms in total. The van der Waals surface area contributed by atoms with Gasteiger partial charge < -0.3 is 9.15 Å². The molecule has 168 valence electrons. The first-order chi connectivity index (χ1) is 16.4. The van der Waals surface area contributed by atoms with E-state index in [4.69, 9.17) is 20.8 Å². The monoisotopic (exact) mass is 473 g/mol. The lowest BCUT2D eigenvalue weighted by atomic mass is 10.1. The molecule has 0 saturated carbocycles. The lowest BCUT2D eigenvalue weighted by Crippen LogP contribution is -2.45. The average molecular weight is 474 g/mol. The van der Waals surface area contributed by atoms with Gasteiger partial charge >= 0.3 is 5.97 Å². The summed E-state index contributed by atoms with van der Waals surface area (Å²) in [6.45, 7) is 1.37. The van der Waals surface area contributed by atoms with Crippen molar-refractivity contribution in [3.63, 3.8) is 0 Å². The van der Waals surface area contributed by atoms with Gasteiger partial charge in [0.2, 0.25) is 11.2 Å². The molecule has 0 N–H and O–H groups in total. The Labute approximate surface area is 198 Å². The summed E-state index contributed by atoms with van der Waals surface area (Å²) in [5, 5.41) is 0.695. The number of fused-ring (bicyclic) bond motifs is 2. The summed E-state index contributed by atoms with van der Waals surface area (Å²) < 4.78 is 11.4. The van der Waals surface area contributed by atoms with Crippen molar-refractivity contribution >= 4 is 40.4 Å². The Hall–Kier alpha value is -4.23. The summed E-state index contributed by atoms with van der Waals surface area (Å²) in [5.74, 6) is -2.47.